The quantitative estimate of drug-likeness (QED) is 0.116. The van der Waals surface area contributed by atoms with Gasteiger partial charge in [-0.1, -0.05) is 71.8 Å². The van der Waals surface area contributed by atoms with Gasteiger partial charge in [-0.2, -0.15) is 0 Å². The van der Waals surface area contributed by atoms with Gasteiger partial charge in [0.05, 0.1) is 19.6 Å². The molecule has 0 aromatic carbocycles. The second-order valence-electron chi connectivity index (χ2n) is 7.74. The molecular weight excluding hydrogens is 322 g/mol. The van der Waals surface area contributed by atoms with E-state index < -0.39 is 0 Å². The summed E-state index contributed by atoms with van der Waals surface area (Å²) in [6.45, 7) is 15.4. The molecule has 3 heteroatoms. The van der Waals surface area contributed by atoms with Crippen LogP contribution in [0.4, 0.5) is 0 Å². The Morgan fingerprint density at radius 3 is 1.65 bits per heavy atom. The summed E-state index contributed by atoms with van der Waals surface area (Å²) in [5.74, 6) is -0.293. The number of likely N-dealkylation sites (N-methyl/N-ethyl adjacent to an activating group) is 1. The van der Waals surface area contributed by atoms with E-state index in [0.717, 1.165) is 17.6 Å². The molecule has 0 aliphatic heterocycles. The Hall–Kier alpha value is -0.830. The van der Waals surface area contributed by atoms with Crippen LogP contribution < -0.4 is 0 Å². The second kappa shape index (κ2) is 17.6. The van der Waals surface area contributed by atoms with Crippen LogP contribution in [-0.2, 0) is 9.53 Å². The van der Waals surface area contributed by atoms with E-state index in [9.17, 15) is 4.79 Å². The van der Waals surface area contributed by atoms with Crippen LogP contribution in [0, 0.1) is 0 Å². The van der Waals surface area contributed by atoms with Crippen molar-refractivity contribution < 1.29 is 14.0 Å². The van der Waals surface area contributed by atoms with E-state index >= 15 is 0 Å². The molecule has 0 aromatic heterocycles. The second-order valence-corrected chi connectivity index (χ2v) is 7.74. The minimum absolute atomic E-state index is 0.293. The Labute approximate surface area is 163 Å². The topological polar surface area (TPSA) is 26.3 Å². The fraction of sp³-hybridized carbons (Fsp3) is 0.870. The zero-order valence-electron chi connectivity index (χ0n) is 18.1. The number of quaternary nitrogens is 1. The molecule has 0 rings (SSSR count). The summed E-state index contributed by atoms with van der Waals surface area (Å²) < 4.78 is 6.40. The summed E-state index contributed by atoms with van der Waals surface area (Å²) in [6.07, 6.45) is 17.3. The van der Waals surface area contributed by atoms with Crippen molar-refractivity contribution in [3.63, 3.8) is 0 Å². The third kappa shape index (κ3) is 13.4. The number of nitrogens with zero attached hydrogens (tertiary/aromatic N) is 1. The number of carbonyl (C=O) groups excluding carboxylic acids is 1. The van der Waals surface area contributed by atoms with Gasteiger partial charge in [0.2, 0.25) is 0 Å². The lowest BCUT2D eigenvalue weighted by atomic mass is 10.1. The molecule has 3 nitrogen and oxygen atoms in total. The van der Waals surface area contributed by atoms with Crippen molar-refractivity contribution in [3.8, 4) is 0 Å². The smallest absolute Gasteiger partial charge is 0.330 e. The summed E-state index contributed by atoms with van der Waals surface area (Å²) >= 11 is 0. The summed E-state index contributed by atoms with van der Waals surface area (Å²) in [4.78, 5) is 11.4. The third-order valence-electron chi connectivity index (χ3n) is 5.62. The molecule has 0 aliphatic carbocycles. The fourth-order valence-corrected chi connectivity index (χ4v) is 3.66. The zero-order valence-corrected chi connectivity index (χ0v) is 18.1. The van der Waals surface area contributed by atoms with Crippen molar-refractivity contribution >= 4 is 5.97 Å². The number of carbonyl (C=O) groups is 1. The van der Waals surface area contributed by atoms with Crippen molar-refractivity contribution in [2.45, 2.75) is 97.8 Å². The molecule has 154 valence electrons. The monoisotopic (exact) mass is 368 g/mol. The maximum Gasteiger partial charge on any atom is 0.330 e. The summed E-state index contributed by atoms with van der Waals surface area (Å²) in [7, 11) is 0. The molecule has 0 bridgehead atoms. The largest absolute Gasteiger partial charge is 0.457 e. The van der Waals surface area contributed by atoms with Crippen LogP contribution >= 0.6 is 0 Å². The molecule has 0 saturated carbocycles. The molecule has 0 aromatic rings. The average molecular weight is 369 g/mol. The Bertz CT molecular complexity index is 325. The normalized spacial score (nSPS) is 11.5. The number of rotatable bonds is 19. The lowest BCUT2D eigenvalue weighted by Crippen LogP contribution is -2.51. The minimum atomic E-state index is -0.293. The van der Waals surface area contributed by atoms with Gasteiger partial charge in [-0.25, -0.2) is 4.79 Å². The molecule has 0 saturated heterocycles. The molecular formula is C23H46NO2+. The van der Waals surface area contributed by atoms with E-state index in [2.05, 4.69) is 27.4 Å². The van der Waals surface area contributed by atoms with Gasteiger partial charge in [0.15, 0.2) is 0 Å². The maximum absolute atomic E-state index is 11.4. The van der Waals surface area contributed by atoms with Crippen molar-refractivity contribution in [2.24, 2.45) is 0 Å². The SMILES string of the molecule is C=CC(=O)OCC[N+](CC)(CCCCCCCC)CCCCCCCC. The summed E-state index contributed by atoms with van der Waals surface area (Å²) in [5.41, 5.74) is 0. The van der Waals surface area contributed by atoms with E-state index in [1.807, 2.05) is 0 Å². The van der Waals surface area contributed by atoms with E-state index in [-0.39, 0.29) is 5.97 Å². The van der Waals surface area contributed by atoms with Crippen LogP contribution in [0.25, 0.3) is 0 Å². The van der Waals surface area contributed by atoms with Crippen LogP contribution in [0.2, 0.25) is 0 Å². The highest BCUT2D eigenvalue weighted by molar-refractivity contribution is 5.81. The first-order valence-corrected chi connectivity index (χ1v) is 11.3. The minimum Gasteiger partial charge on any atom is -0.457 e. The van der Waals surface area contributed by atoms with Gasteiger partial charge in [-0.05, 0) is 32.6 Å². The summed E-state index contributed by atoms with van der Waals surface area (Å²) in [5, 5.41) is 0. The molecule has 0 N–H and O–H groups in total. The van der Waals surface area contributed by atoms with E-state index in [1.165, 1.54) is 96.2 Å². The van der Waals surface area contributed by atoms with Crippen LogP contribution in [-0.4, -0.2) is 43.2 Å². The van der Waals surface area contributed by atoms with Crippen LogP contribution in [0.3, 0.4) is 0 Å². The first-order valence-electron chi connectivity index (χ1n) is 11.3. The predicted octanol–water partition coefficient (Wildman–Crippen LogP) is 6.27. The van der Waals surface area contributed by atoms with Gasteiger partial charge in [-0.3, -0.25) is 0 Å². The lowest BCUT2D eigenvalue weighted by molar-refractivity contribution is -0.927. The van der Waals surface area contributed by atoms with Gasteiger partial charge < -0.3 is 9.22 Å². The van der Waals surface area contributed by atoms with Gasteiger partial charge in [0, 0.05) is 6.08 Å². The molecule has 26 heavy (non-hydrogen) atoms. The Morgan fingerprint density at radius 1 is 0.769 bits per heavy atom. The zero-order chi connectivity index (χ0) is 19.5. The highest BCUT2D eigenvalue weighted by Gasteiger charge is 2.24. The molecule has 0 heterocycles. The average Bonchev–Trinajstić information content (AvgIpc) is 2.66. The Balaban J connectivity index is 4.35. The number of ether oxygens (including phenoxy) is 1. The molecule has 0 atom stereocenters. The first-order chi connectivity index (χ1) is 12.6. The molecule has 0 amide bonds. The van der Waals surface area contributed by atoms with E-state index in [4.69, 9.17) is 4.74 Å². The molecule has 0 unspecified atom stereocenters. The molecule has 0 spiro atoms. The van der Waals surface area contributed by atoms with Gasteiger partial charge in [0.25, 0.3) is 0 Å². The van der Waals surface area contributed by atoms with Crippen molar-refractivity contribution in [3.05, 3.63) is 12.7 Å². The van der Waals surface area contributed by atoms with Crippen molar-refractivity contribution in [1.82, 2.24) is 0 Å². The van der Waals surface area contributed by atoms with Gasteiger partial charge >= 0.3 is 5.97 Å². The predicted molar refractivity (Wildman–Crippen MR) is 113 cm³/mol. The lowest BCUT2D eigenvalue weighted by Gasteiger charge is -2.38. The molecule has 0 fully saturated rings. The third-order valence-corrected chi connectivity index (χ3v) is 5.62. The highest BCUT2D eigenvalue weighted by Crippen LogP contribution is 2.16. The maximum atomic E-state index is 11.4. The number of unbranched alkanes of at least 4 members (excludes halogenated alkanes) is 10. The van der Waals surface area contributed by atoms with Crippen LogP contribution in [0.5, 0.6) is 0 Å². The van der Waals surface area contributed by atoms with Crippen molar-refractivity contribution in [1.29, 1.82) is 0 Å². The molecule has 0 aliphatic rings. The van der Waals surface area contributed by atoms with Crippen molar-refractivity contribution in [2.75, 3.05) is 32.8 Å². The van der Waals surface area contributed by atoms with Crippen LogP contribution in [0.15, 0.2) is 12.7 Å². The van der Waals surface area contributed by atoms with Gasteiger partial charge in [0.1, 0.15) is 13.2 Å². The molecule has 0 radical (unpaired) electrons. The van der Waals surface area contributed by atoms with E-state index in [1.54, 1.807) is 0 Å². The standard InChI is InChI=1S/C23H46NO2/c1-5-9-11-13-15-17-19-24(8-4,21-22-26-23(25)7-3)20-18-16-14-12-10-6-2/h7H,3,5-6,8-22H2,1-2,4H3/q+1. The van der Waals surface area contributed by atoms with Gasteiger partial charge in [-0.15, -0.1) is 0 Å². The van der Waals surface area contributed by atoms with Crippen LogP contribution in [0.1, 0.15) is 97.8 Å². The first kappa shape index (κ1) is 25.2. The number of hydrogen-bond donors (Lipinski definition) is 0. The Morgan fingerprint density at radius 2 is 1.23 bits per heavy atom. The van der Waals surface area contributed by atoms with E-state index in [0.29, 0.717) is 6.61 Å². The number of hydrogen-bond acceptors (Lipinski definition) is 2. The number of esters is 1. The Kier molecular flexibility index (Phi) is 17.0. The highest BCUT2D eigenvalue weighted by atomic mass is 16.5. The summed E-state index contributed by atoms with van der Waals surface area (Å²) in [6, 6.07) is 0. The fourth-order valence-electron chi connectivity index (χ4n) is 3.66.